The molecule has 0 bridgehead atoms. The second-order valence-corrected chi connectivity index (χ2v) is 9.14. The molecule has 0 radical (unpaired) electrons. The summed E-state index contributed by atoms with van der Waals surface area (Å²) in [6, 6.07) is 24.9. The average molecular weight is 510 g/mol. The summed E-state index contributed by atoms with van der Waals surface area (Å²) in [7, 11) is 0. The number of carbonyl (C=O) groups is 1. The second kappa shape index (κ2) is 9.63. The summed E-state index contributed by atoms with van der Waals surface area (Å²) in [5.41, 5.74) is 4.27. The highest BCUT2D eigenvalue weighted by Crippen LogP contribution is 2.39. The first-order valence-electron chi connectivity index (χ1n) is 12.5. The number of halogens is 2. The van der Waals surface area contributed by atoms with E-state index in [0.717, 1.165) is 34.0 Å². The molecule has 0 spiro atoms. The summed E-state index contributed by atoms with van der Waals surface area (Å²) in [6.07, 6.45) is 2.60. The SMILES string of the molecule is CCc1nn(-c2ccccc2)c2c1CN(C(=O)Nc1ccccc1F)C(c1ccc(F)cc1)c1cccn1-2. The maximum Gasteiger partial charge on any atom is 0.323 e. The lowest BCUT2D eigenvalue weighted by Crippen LogP contribution is -2.38. The van der Waals surface area contributed by atoms with Crippen LogP contribution in [0.1, 0.15) is 35.5 Å². The van der Waals surface area contributed by atoms with Crippen molar-refractivity contribution < 1.29 is 13.6 Å². The van der Waals surface area contributed by atoms with Crippen LogP contribution in [0.25, 0.3) is 11.5 Å². The molecule has 3 heterocycles. The average Bonchev–Trinajstić information content (AvgIpc) is 3.52. The quantitative estimate of drug-likeness (QED) is 0.295. The number of hydrogen-bond donors (Lipinski definition) is 1. The number of carbonyl (C=O) groups excluding carboxylic acids is 1. The van der Waals surface area contributed by atoms with E-state index >= 15 is 0 Å². The zero-order chi connectivity index (χ0) is 26.2. The Kier molecular flexibility index (Phi) is 5.99. The monoisotopic (exact) mass is 509 g/mol. The molecule has 6 nitrogen and oxygen atoms in total. The highest BCUT2D eigenvalue weighted by molar-refractivity contribution is 5.90. The van der Waals surface area contributed by atoms with Crippen LogP contribution in [0.15, 0.2) is 97.2 Å². The highest BCUT2D eigenvalue weighted by Gasteiger charge is 2.36. The molecule has 1 aliphatic heterocycles. The van der Waals surface area contributed by atoms with Gasteiger partial charge in [-0.1, -0.05) is 49.4 Å². The van der Waals surface area contributed by atoms with E-state index < -0.39 is 17.9 Å². The first-order valence-corrected chi connectivity index (χ1v) is 12.5. The lowest BCUT2D eigenvalue weighted by atomic mass is 10.0. The Morgan fingerprint density at radius 2 is 1.68 bits per heavy atom. The van der Waals surface area contributed by atoms with E-state index in [9.17, 15) is 13.6 Å². The van der Waals surface area contributed by atoms with Crippen molar-refractivity contribution in [2.45, 2.75) is 25.9 Å². The van der Waals surface area contributed by atoms with Crippen LogP contribution in [0.5, 0.6) is 0 Å². The Hall–Kier alpha value is -4.72. The lowest BCUT2D eigenvalue weighted by Gasteiger charge is -2.31. The van der Waals surface area contributed by atoms with Gasteiger partial charge in [0.2, 0.25) is 0 Å². The van der Waals surface area contributed by atoms with Gasteiger partial charge in [0.1, 0.15) is 17.5 Å². The molecular weight excluding hydrogens is 484 g/mol. The van der Waals surface area contributed by atoms with Crippen LogP contribution in [-0.2, 0) is 13.0 Å². The smallest absolute Gasteiger partial charge is 0.307 e. The molecule has 0 saturated carbocycles. The molecule has 0 saturated heterocycles. The van der Waals surface area contributed by atoms with Gasteiger partial charge >= 0.3 is 6.03 Å². The van der Waals surface area contributed by atoms with Crippen LogP contribution in [0.4, 0.5) is 19.3 Å². The van der Waals surface area contributed by atoms with Crippen molar-refractivity contribution in [3.8, 4) is 11.5 Å². The molecule has 0 aliphatic carbocycles. The van der Waals surface area contributed by atoms with E-state index in [1.807, 2.05) is 64.8 Å². The largest absolute Gasteiger partial charge is 0.323 e. The molecule has 190 valence electrons. The van der Waals surface area contributed by atoms with Crippen LogP contribution in [0.2, 0.25) is 0 Å². The first-order chi connectivity index (χ1) is 18.5. The fourth-order valence-electron chi connectivity index (χ4n) is 5.09. The first kappa shape index (κ1) is 23.7. The molecule has 1 N–H and O–H groups in total. The molecule has 1 atom stereocenters. The molecule has 2 amide bonds. The Morgan fingerprint density at radius 1 is 0.947 bits per heavy atom. The van der Waals surface area contributed by atoms with Crippen LogP contribution < -0.4 is 5.32 Å². The zero-order valence-corrected chi connectivity index (χ0v) is 20.7. The second-order valence-electron chi connectivity index (χ2n) is 9.14. The third-order valence-electron chi connectivity index (χ3n) is 6.87. The third-order valence-corrected chi connectivity index (χ3v) is 6.87. The number of anilines is 1. The molecule has 5 aromatic rings. The van der Waals surface area contributed by atoms with Crippen molar-refractivity contribution in [1.82, 2.24) is 19.2 Å². The van der Waals surface area contributed by atoms with Gasteiger partial charge in [-0.2, -0.15) is 5.10 Å². The lowest BCUT2D eigenvalue weighted by molar-refractivity contribution is 0.194. The maximum atomic E-state index is 14.5. The van der Waals surface area contributed by atoms with Gasteiger partial charge in [0, 0.05) is 11.8 Å². The molecule has 8 heteroatoms. The van der Waals surface area contributed by atoms with Crippen LogP contribution in [0.3, 0.4) is 0 Å². The minimum Gasteiger partial charge on any atom is -0.307 e. The van der Waals surface area contributed by atoms with Gasteiger partial charge in [0.25, 0.3) is 0 Å². The van der Waals surface area contributed by atoms with Gasteiger partial charge < -0.3 is 14.8 Å². The number of amides is 2. The molecule has 6 rings (SSSR count). The minimum absolute atomic E-state index is 0.0888. The summed E-state index contributed by atoms with van der Waals surface area (Å²) in [6.45, 7) is 2.25. The number of rotatable bonds is 4. The number of hydrogen-bond acceptors (Lipinski definition) is 2. The molecule has 1 aliphatic rings. The van der Waals surface area contributed by atoms with Crippen molar-refractivity contribution in [1.29, 1.82) is 0 Å². The van der Waals surface area contributed by atoms with E-state index in [4.69, 9.17) is 5.10 Å². The number of nitrogens with one attached hydrogen (secondary N) is 1. The number of para-hydroxylation sites is 2. The fraction of sp³-hybridized carbons (Fsp3) is 0.133. The van der Waals surface area contributed by atoms with E-state index in [0.29, 0.717) is 6.42 Å². The standard InChI is InChI=1S/C30H25F2N5O/c1-2-25-23-19-36(30(38)33-26-12-7-6-11-24(26)32)28(20-14-16-21(31)17-15-20)27-13-8-18-35(27)29(23)37(34-25)22-9-4-3-5-10-22/h3-18,28H,2,19H2,1H3,(H,33,38). The Bertz CT molecular complexity index is 1610. The summed E-state index contributed by atoms with van der Waals surface area (Å²) < 4.78 is 32.4. The predicted octanol–water partition coefficient (Wildman–Crippen LogP) is 6.64. The van der Waals surface area contributed by atoms with Gasteiger partial charge in [0.05, 0.1) is 35.3 Å². The molecule has 3 aromatic carbocycles. The molecule has 0 fully saturated rings. The van der Waals surface area contributed by atoms with Crippen molar-refractivity contribution in [2.75, 3.05) is 5.32 Å². The number of aromatic nitrogens is 3. The van der Waals surface area contributed by atoms with E-state index in [1.165, 1.54) is 24.3 Å². The molecule has 2 aromatic heterocycles. The van der Waals surface area contributed by atoms with Gasteiger partial charge in [-0.05, 0) is 60.5 Å². The predicted molar refractivity (Wildman–Crippen MR) is 141 cm³/mol. The fourth-order valence-corrected chi connectivity index (χ4v) is 5.09. The Balaban J connectivity index is 1.56. The van der Waals surface area contributed by atoms with E-state index in [2.05, 4.69) is 5.32 Å². The zero-order valence-electron chi connectivity index (χ0n) is 20.7. The summed E-state index contributed by atoms with van der Waals surface area (Å²) >= 11 is 0. The van der Waals surface area contributed by atoms with Gasteiger partial charge in [0.15, 0.2) is 0 Å². The third kappa shape index (κ3) is 4.04. The maximum absolute atomic E-state index is 14.5. The van der Waals surface area contributed by atoms with Crippen LogP contribution in [-0.4, -0.2) is 25.3 Å². The summed E-state index contributed by atoms with van der Waals surface area (Å²) in [4.78, 5) is 15.5. The van der Waals surface area contributed by atoms with Gasteiger partial charge in [-0.3, -0.25) is 0 Å². The van der Waals surface area contributed by atoms with E-state index in [1.54, 1.807) is 29.2 Å². The number of aryl methyl sites for hydroxylation is 1. The minimum atomic E-state index is -0.571. The number of fused-ring (bicyclic) bond motifs is 3. The van der Waals surface area contributed by atoms with Crippen LogP contribution >= 0.6 is 0 Å². The summed E-state index contributed by atoms with van der Waals surface area (Å²) in [5.74, 6) is -0.0537. The number of nitrogens with zero attached hydrogens (tertiary/aromatic N) is 4. The molecule has 1 unspecified atom stereocenters. The molecular formula is C30H25F2N5O. The summed E-state index contributed by atoms with van der Waals surface area (Å²) in [5, 5.41) is 7.68. The Morgan fingerprint density at radius 3 is 2.42 bits per heavy atom. The van der Waals surface area contributed by atoms with Crippen molar-refractivity contribution in [2.24, 2.45) is 0 Å². The van der Waals surface area contributed by atoms with E-state index in [-0.39, 0.29) is 18.0 Å². The van der Waals surface area contributed by atoms with Gasteiger partial charge in [-0.25, -0.2) is 18.3 Å². The van der Waals surface area contributed by atoms with Crippen LogP contribution in [0, 0.1) is 11.6 Å². The highest BCUT2D eigenvalue weighted by atomic mass is 19.1. The number of benzene rings is 3. The van der Waals surface area contributed by atoms with Crippen molar-refractivity contribution >= 4 is 11.7 Å². The van der Waals surface area contributed by atoms with Gasteiger partial charge in [-0.15, -0.1) is 0 Å². The number of urea groups is 1. The molecule has 38 heavy (non-hydrogen) atoms. The topological polar surface area (TPSA) is 55.1 Å². The van der Waals surface area contributed by atoms with Crippen molar-refractivity contribution in [3.05, 3.63) is 131 Å². The Labute approximate surface area is 218 Å². The normalized spacial score (nSPS) is 14.5. The van der Waals surface area contributed by atoms with Crippen molar-refractivity contribution in [3.63, 3.8) is 0 Å².